The van der Waals surface area contributed by atoms with Gasteiger partial charge in [0.25, 0.3) is 10.2 Å². The molecule has 2 N–H and O–H groups in total. The molecular formula is C21H22ClFN4O4S. The number of fused-ring (bicyclic) bond motifs is 3. The van der Waals surface area contributed by atoms with Crippen LogP contribution < -0.4 is 4.72 Å². The zero-order chi connectivity index (χ0) is 22.0. The first kappa shape index (κ1) is 22.7. The molecule has 3 atom stereocenters. The lowest BCUT2D eigenvalue weighted by atomic mass is 10.1. The molecule has 11 heteroatoms. The maximum absolute atomic E-state index is 13.5. The smallest absolute Gasteiger partial charge is 0.325 e. The van der Waals surface area contributed by atoms with Crippen LogP contribution in [0.3, 0.4) is 0 Å². The number of halogens is 2. The van der Waals surface area contributed by atoms with Crippen LogP contribution in [0.1, 0.15) is 24.2 Å². The molecule has 1 aromatic heterocycles. The van der Waals surface area contributed by atoms with Crippen LogP contribution in [0.15, 0.2) is 48.5 Å². The molecule has 0 bridgehead atoms. The number of aliphatic carboxylic acids is 1. The zero-order valence-electron chi connectivity index (χ0n) is 17.1. The van der Waals surface area contributed by atoms with Gasteiger partial charge in [-0.15, -0.1) is 12.4 Å². The van der Waals surface area contributed by atoms with Crippen molar-refractivity contribution in [1.29, 1.82) is 0 Å². The van der Waals surface area contributed by atoms with E-state index in [1.165, 1.54) is 16.4 Å². The molecular weight excluding hydrogens is 459 g/mol. The minimum atomic E-state index is -4.11. The van der Waals surface area contributed by atoms with E-state index in [1.807, 2.05) is 22.8 Å². The molecule has 0 saturated heterocycles. The number of rotatable bonds is 5. The zero-order valence-corrected chi connectivity index (χ0v) is 18.7. The number of benzene rings is 2. The lowest BCUT2D eigenvalue weighted by Gasteiger charge is -2.29. The monoisotopic (exact) mass is 480 g/mol. The highest BCUT2D eigenvalue weighted by Gasteiger charge is 2.70. The minimum Gasteiger partial charge on any atom is -0.480 e. The van der Waals surface area contributed by atoms with E-state index in [0.29, 0.717) is 17.9 Å². The number of carbonyl (C=O) groups is 1. The van der Waals surface area contributed by atoms with Gasteiger partial charge in [-0.05, 0) is 23.6 Å². The Balaban J connectivity index is 0.00000245. The Morgan fingerprint density at radius 1 is 1.22 bits per heavy atom. The lowest BCUT2D eigenvalue weighted by Crippen LogP contribution is -2.53. The summed E-state index contributed by atoms with van der Waals surface area (Å²) in [5, 5.41) is 9.95. The van der Waals surface area contributed by atoms with Gasteiger partial charge in [-0.2, -0.15) is 17.4 Å². The number of nitrogens with zero attached hydrogens (tertiary/aromatic N) is 3. The lowest BCUT2D eigenvalue weighted by molar-refractivity contribution is -0.140. The van der Waals surface area contributed by atoms with Crippen molar-refractivity contribution in [2.24, 2.45) is 5.92 Å². The fourth-order valence-corrected chi connectivity index (χ4v) is 6.32. The second-order valence-electron chi connectivity index (χ2n) is 8.10. The van der Waals surface area contributed by atoms with Gasteiger partial charge in [0.05, 0.1) is 17.6 Å². The summed E-state index contributed by atoms with van der Waals surface area (Å²) in [5.41, 5.74) is 0.385. The topological polar surface area (TPSA) is 105 Å². The van der Waals surface area contributed by atoms with Crippen LogP contribution >= 0.6 is 12.4 Å². The molecule has 0 spiro atoms. The standard InChI is InChI=1S/C21H21FN4O4S.ClH/c1-13-19(14-5-3-2-4-6-14)21(13,20(27)28)24-31(29,30)25-9-10-26-17-8-7-15(22)11-16(17)23-18(26)12-25;/h2-8,11,13,19,24H,9-10,12H2,1H3,(H,27,28);1H/t13-,19-,21+;/m1./s1. The largest absolute Gasteiger partial charge is 0.480 e. The van der Waals surface area contributed by atoms with Gasteiger partial charge in [0.15, 0.2) is 0 Å². The van der Waals surface area contributed by atoms with Crippen LogP contribution in [0.4, 0.5) is 4.39 Å². The molecule has 32 heavy (non-hydrogen) atoms. The average molecular weight is 481 g/mol. The molecule has 2 aliphatic rings. The molecule has 1 fully saturated rings. The molecule has 2 aromatic carbocycles. The van der Waals surface area contributed by atoms with Crippen molar-refractivity contribution < 1.29 is 22.7 Å². The number of imidazole rings is 1. The highest BCUT2D eigenvalue weighted by atomic mass is 35.5. The Kier molecular flexibility index (Phi) is 5.52. The van der Waals surface area contributed by atoms with Crippen LogP contribution in [0.5, 0.6) is 0 Å². The van der Waals surface area contributed by atoms with Crippen molar-refractivity contribution in [2.45, 2.75) is 31.5 Å². The van der Waals surface area contributed by atoms with E-state index < -0.39 is 39.4 Å². The van der Waals surface area contributed by atoms with Crippen LogP contribution in [-0.2, 0) is 28.1 Å². The molecule has 170 valence electrons. The van der Waals surface area contributed by atoms with Gasteiger partial charge in [0, 0.05) is 25.1 Å². The Morgan fingerprint density at radius 2 is 1.94 bits per heavy atom. The third-order valence-corrected chi connectivity index (χ3v) is 8.02. The van der Waals surface area contributed by atoms with Crippen LogP contribution in [0, 0.1) is 11.7 Å². The van der Waals surface area contributed by atoms with Crippen LogP contribution in [0.25, 0.3) is 11.0 Å². The summed E-state index contributed by atoms with van der Waals surface area (Å²) in [4.78, 5) is 16.6. The van der Waals surface area contributed by atoms with E-state index in [2.05, 4.69) is 9.71 Å². The number of carboxylic acids is 1. The summed E-state index contributed by atoms with van der Waals surface area (Å²) >= 11 is 0. The van der Waals surface area contributed by atoms with Crippen LogP contribution in [-0.4, -0.2) is 45.4 Å². The molecule has 1 saturated carbocycles. The van der Waals surface area contributed by atoms with Crippen molar-refractivity contribution in [2.75, 3.05) is 6.54 Å². The minimum absolute atomic E-state index is 0. The number of nitrogens with one attached hydrogen (secondary N) is 1. The number of aromatic nitrogens is 2. The van der Waals surface area contributed by atoms with Crippen molar-refractivity contribution in [1.82, 2.24) is 18.6 Å². The second-order valence-corrected chi connectivity index (χ2v) is 9.78. The third-order valence-electron chi connectivity index (χ3n) is 6.43. The first-order valence-electron chi connectivity index (χ1n) is 9.96. The van der Waals surface area contributed by atoms with Crippen LogP contribution in [0.2, 0.25) is 0 Å². The molecule has 1 aliphatic carbocycles. The third kappa shape index (κ3) is 3.38. The Morgan fingerprint density at radius 3 is 2.62 bits per heavy atom. The fraction of sp³-hybridized carbons (Fsp3) is 0.333. The highest BCUT2D eigenvalue weighted by Crippen LogP contribution is 2.58. The number of carboxylic acid groups (broad SMARTS) is 1. The maximum atomic E-state index is 13.5. The molecule has 2 heterocycles. The van der Waals surface area contributed by atoms with Gasteiger partial charge >= 0.3 is 5.97 Å². The van der Waals surface area contributed by atoms with E-state index in [-0.39, 0.29) is 25.5 Å². The van der Waals surface area contributed by atoms with Crippen molar-refractivity contribution in [3.8, 4) is 0 Å². The Labute approximate surface area is 190 Å². The van der Waals surface area contributed by atoms with E-state index in [1.54, 1.807) is 25.1 Å². The van der Waals surface area contributed by atoms with Crippen molar-refractivity contribution >= 4 is 39.6 Å². The summed E-state index contributed by atoms with van der Waals surface area (Å²) in [6, 6.07) is 13.3. The van der Waals surface area contributed by atoms with Gasteiger partial charge in [-0.1, -0.05) is 37.3 Å². The quantitative estimate of drug-likeness (QED) is 0.584. The van der Waals surface area contributed by atoms with Crippen molar-refractivity contribution in [3.05, 3.63) is 65.7 Å². The highest BCUT2D eigenvalue weighted by molar-refractivity contribution is 7.87. The summed E-state index contributed by atoms with van der Waals surface area (Å²) in [6.07, 6.45) is 0. The normalized spacial score (nSPS) is 25.2. The average Bonchev–Trinajstić information content (AvgIpc) is 3.15. The molecule has 3 aromatic rings. The maximum Gasteiger partial charge on any atom is 0.325 e. The predicted molar refractivity (Wildman–Crippen MR) is 118 cm³/mol. The van der Waals surface area contributed by atoms with Gasteiger partial charge in [0.1, 0.15) is 17.2 Å². The van der Waals surface area contributed by atoms with Gasteiger partial charge in [0.2, 0.25) is 0 Å². The summed E-state index contributed by atoms with van der Waals surface area (Å²) in [6.45, 7) is 2.21. The van der Waals surface area contributed by atoms with Gasteiger partial charge in [-0.25, -0.2) is 9.37 Å². The summed E-state index contributed by atoms with van der Waals surface area (Å²) in [7, 11) is -4.11. The van der Waals surface area contributed by atoms with Gasteiger partial charge in [-0.3, -0.25) is 4.79 Å². The summed E-state index contributed by atoms with van der Waals surface area (Å²) < 4.78 is 45.5. The fourth-order valence-electron chi connectivity index (χ4n) is 4.76. The molecule has 0 amide bonds. The number of hydrogen-bond acceptors (Lipinski definition) is 4. The SMILES string of the molecule is C[C@@H]1[C@H](c2ccccc2)[C@]1(NS(=O)(=O)N1CCn2c(nc3cc(F)ccc32)C1)C(=O)O.Cl. The van der Waals surface area contributed by atoms with E-state index >= 15 is 0 Å². The van der Waals surface area contributed by atoms with E-state index in [9.17, 15) is 22.7 Å². The summed E-state index contributed by atoms with van der Waals surface area (Å²) in [5.74, 6) is -1.98. The predicted octanol–water partition coefficient (Wildman–Crippen LogP) is 2.50. The van der Waals surface area contributed by atoms with E-state index in [0.717, 1.165) is 11.1 Å². The second kappa shape index (κ2) is 7.80. The molecule has 5 rings (SSSR count). The molecule has 0 radical (unpaired) electrons. The number of hydrogen-bond donors (Lipinski definition) is 2. The molecule has 1 aliphatic heterocycles. The first-order chi connectivity index (χ1) is 14.7. The van der Waals surface area contributed by atoms with Gasteiger partial charge < -0.3 is 9.67 Å². The Bertz CT molecular complexity index is 1300. The van der Waals surface area contributed by atoms with Crippen molar-refractivity contribution in [3.63, 3.8) is 0 Å². The first-order valence-corrected chi connectivity index (χ1v) is 11.4. The molecule has 8 nitrogen and oxygen atoms in total. The van der Waals surface area contributed by atoms with E-state index in [4.69, 9.17) is 0 Å². The Hall–Kier alpha value is -2.53. The molecule has 0 unspecified atom stereocenters.